The average Bonchev–Trinajstić information content (AvgIpc) is 4.06. The van der Waals surface area contributed by atoms with Gasteiger partial charge in [-0.25, -0.2) is 18.2 Å². The first kappa shape index (κ1) is 43.9. The van der Waals surface area contributed by atoms with Crippen LogP contribution in [0.15, 0.2) is 18.2 Å². The summed E-state index contributed by atoms with van der Waals surface area (Å²) in [4.78, 5) is 61.9. The van der Waals surface area contributed by atoms with Gasteiger partial charge in [0.25, 0.3) is 5.91 Å². The molecule has 0 radical (unpaired) electrons. The van der Waals surface area contributed by atoms with Gasteiger partial charge in [0.2, 0.25) is 21.8 Å². The molecule has 4 heterocycles. The van der Waals surface area contributed by atoms with Crippen molar-refractivity contribution in [2.45, 2.75) is 151 Å². The van der Waals surface area contributed by atoms with E-state index in [2.05, 4.69) is 20.3 Å². The van der Waals surface area contributed by atoms with Crippen molar-refractivity contribution in [2.75, 3.05) is 20.3 Å². The number of alkyl carbamates (subject to hydrolysis) is 1. The number of fused-ring (bicyclic) bond motifs is 5. The molecule has 14 nitrogen and oxygen atoms in total. The fourth-order valence-corrected chi connectivity index (χ4v) is 10.0. The van der Waals surface area contributed by atoms with Crippen LogP contribution < -0.4 is 20.1 Å². The van der Waals surface area contributed by atoms with Crippen LogP contribution in [0.4, 0.5) is 18.0 Å². The van der Waals surface area contributed by atoms with Gasteiger partial charge in [-0.3, -0.25) is 19.1 Å². The van der Waals surface area contributed by atoms with Crippen LogP contribution in [0.3, 0.4) is 0 Å². The first-order chi connectivity index (χ1) is 27.9. The molecule has 4 amide bonds. The van der Waals surface area contributed by atoms with Crippen molar-refractivity contribution in [3.63, 3.8) is 0 Å². The second kappa shape index (κ2) is 15.3. The number of aromatic nitrogens is 1. The van der Waals surface area contributed by atoms with E-state index < -0.39 is 90.9 Å². The van der Waals surface area contributed by atoms with Gasteiger partial charge in [0.15, 0.2) is 11.4 Å². The van der Waals surface area contributed by atoms with E-state index >= 15 is 0 Å². The molecule has 1 aromatic heterocycles. The first-order valence-corrected chi connectivity index (χ1v) is 22.3. The maximum atomic E-state index is 14.8. The topological polar surface area (TPSA) is 182 Å². The van der Waals surface area contributed by atoms with Crippen LogP contribution in [0, 0.1) is 11.3 Å². The minimum absolute atomic E-state index is 0.0516. The van der Waals surface area contributed by atoms with Crippen LogP contribution in [-0.4, -0.2) is 95.9 Å². The molecule has 1 unspecified atom stereocenters. The quantitative estimate of drug-likeness (QED) is 0.319. The Morgan fingerprint density at radius 2 is 1.80 bits per heavy atom. The van der Waals surface area contributed by atoms with Crippen molar-refractivity contribution in [3.05, 3.63) is 40.7 Å². The van der Waals surface area contributed by atoms with E-state index in [9.17, 15) is 40.8 Å². The molecule has 6 atom stereocenters. The third-order valence-corrected chi connectivity index (χ3v) is 15.1. The number of methoxy groups -OCH3 is 1. The molecule has 1 aromatic rings. The Morgan fingerprint density at radius 1 is 1.07 bits per heavy atom. The third kappa shape index (κ3) is 8.64. The summed E-state index contributed by atoms with van der Waals surface area (Å²) in [5.41, 5.74) is -4.56. The lowest BCUT2D eigenvalue weighted by atomic mass is 9.81. The predicted molar refractivity (Wildman–Crippen MR) is 213 cm³/mol. The fraction of sp³-hybridized carbons (Fsp3) is 0.690. The van der Waals surface area contributed by atoms with Crippen molar-refractivity contribution in [1.82, 2.24) is 25.2 Å². The van der Waals surface area contributed by atoms with E-state index in [1.165, 1.54) is 25.0 Å². The number of nitrogens with zero attached hydrogens (tertiary/aromatic N) is 2. The molecule has 7 rings (SSSR count). The molecule has 0 aromatic carbocycles. The highest BCUT2D eigenvalue weighted by Crippen LogP contribution is 2.51. The second-order valence-corrected chi connectivity index (χ2v) is 21.4. The number of amides is 4. The lowest BCUT2D eigenvalue weighted by Gasteiger charge is -2.39. The minimum atomic E-state index is -4.92. The van der Waals surface area contributed by atoms with Crippen molar-refractivity contribution >= 4 is 39.9 Å². The van der Waals surface area contributed by atoms with Crippen LogP contribution in [0.1, 0.15) is 121 Å². The molecule has 3 N–H and O–H groups in total. The Morgan fingerprint density at radius 3 is 2.47 bits per heavy atom. The van der Waals surface area contributed by atoms with Crippen LogP contribution in [-0.2, 0) is 52.9 Å². The summed E-state index contributed by atoms with van der Waals surface area (Å²) in [6.45, 7) is 8.71. The Kier molecular flexibility index (Phi) is 11.2. The van der Waals surface area contributed by atoms with E-state index in [4.69, 9.17) is 14.2 Å². The Bertz CT molecular complexity index is 2120. The maximum absolute atomic E-state index is 14.8. The lowest BCUT2D eigenvalue weighted by molar-refractivity contribution is -0.144. The van der Waals surface area contributed by atoms with Crippen molar-refractivity contribution < 1.29 is 55.0 Å². The minimum Gasteiger partial charge on any atom is -0.483 e. The smallest absolute Gasteiger partial charge is 0.437 e. The number of nitrogens with one attached hydrogen (secondary N) is 3. The van der Waals surface area contributed by atoms with Crippen LogP contribution in [0.25, 0.3) is 6.08 Å². The molecule has 1 spiro atoms. The van der Waals surface area contributed by atoms with E-state index in [1.54, 1.807) is 12.2 Å². The van der Waals surface area contributed by atoms with Gasteiger partial charge >= 0.3 is 12.3 Å². The van der Waals surface area contributed by atoms with E-state index in [0.29, 0.717) is 49.7 Å². The number of carbonyl (C=O) groups excluding carboxylic acids is 4. The number of rotatable bonds is 6. The molecular weight excluding hydrogens is 808 g/mol. The van der Waals surface area contributed by atoms with Gasteiger partial charge < -0.3 is 29.7 Å². The summed E-state index contributed by atoms with van der Waals surface area (Å²) in [5.74, 6) is -3.41. The van der Waals surface area contributed by atoms with Gasteiger partial charge in [-0.15, -0.1) is 0 Å². The fourth-order valence-electron chi connectivity index (χ4n) is 8.71. The molecule has 3 aliphatic heterocycles. The second-order valence-electron chi connectivity index (χ2n) is 19.2. The number of hydrogen-bond acceptors (Lipinski definition) is 10. The Hall–Kier alpha value is -4.19. The molecule has 0 bridgehead atoms. The van der Waals surface area contributed by atoms with Gasteiger partial charge in [0.1, 0.15) is 23.2 Å². The summed E-state index contributed by atoms with van der Waals surface area (Å²) < 4.78 is 89.7. The summed E-state index contributed by atoms with van der Waals surface area (Å²) in [6.07, 6.45) is 4.81. The number of hydrogen-bond donors (Lipinski definition) is 3. The average molecular weight is 864 g/mol. The molecule has 1 saturated heterocycles. The molecule has 3 aliphatic carbocycles. The van der Waals surface area contributed by atoms with Gasteiger partial charge in [0, 0.05) is 31.4 Å². The zero-order chi connectivity index (χ0) is 43.7. The van der Waals surface area contributed by atoms with Gasteiger partial charge in [-0.05, 0) is 82.3 Å². The summed E-state index contributed by atoms with van der Waals surface area (Å²) in [6, 6.07) is -2.56. The summed E-state index contributed by atoms with van der Waals surface area (Å²) in [5, 5.41) is 5.49. The molecule has 60 heavy (non-hydrogen) atoms. The number of carbonyl (C=O) groups is 4. The van der Waals surface area contributed by atoms with Gasteiger partial charge in [-0.2, -0.15) is 13.2 Å². The summed E-state index contributed by atoms with van der Waals surface area (Å²) in [7, 11) is -2.58. The lowest BCUT2D eigenvalue weighted by Crippen LogP contribution is -2.58. The number of allylic oxidation sites excluding steroid dienone is 1. The van der Waals surface area contributed by atoms with E-state index in [1.807, 2.05) is 33.8 Å². The Balaban J connectivity index is 1.26. The van der Waals surface area contributed by atoms with E-state index in [-0.39, 0.29) is 62.8 Å². The van der Waals surface area contributed by atoms with Gasteiger partial charge in [-0.1, -0.05) is 51.8 Å². The number of halogens is 3. The van der Waals surface area contributed by atoms with Crippen LogP contribution in [0.5, 0.6) is 5.75 Å². The Labute approximate surface area is 348 Å². The number of sulfonamides is 1. The number of pyridine rings is 1. The van der Waals surface area contributed by atoms with E-state index in [0.717, 1.165) is 0 Å². The normalized spacial score (nSPS) is 31.8. The van der Waals surface area contributed by atoms with Crippen LogP contribution in [0.2, 0.25) is 0 Å². The standard InChI is InChI=1S/C42H56F3N5O9S/c1-37(2,3)24-58-36(54)47-29-13-11-9-7-8-10-12-25-20-41(25,35(53)49-60(55,56)39(5)18-19-39)48-33(51)30-22-40(23-50(30)34(29)52)17-14-26-27-21-38(4,57-6)16-15-28(27)46-32(31(26)59-40)42(43,44)45/h10,12,15-16,25,29-30H,7-9,11,13-14,17-24H2,1-6H3,(H,47,54)(H,48,51)(H,49,53)/b12-10-/t25-,29+,30+,38?,40-,41-/m1/s1. The number of alkyl halides is 3. The molecule has 3 fully saturated rings. The SMILES string of the molecule is COC1(C)C=Cc2nc(C(F)(F)F)c3c(c2C1)CC[C@]1(C[C@H]2C(=O)N[C@]4(C(=O)NS(=O)(=O)C5(C)CC5)C[C@H]4/C=C\CCCCC[C@H](NC(=O)OCC(C)(C)C)C(=O)N2C1)O3. The largest absolute Gasteiger partial charge is 0.483 e. The highest BCUT2D eigenvalue weighted by Gasteiger charge is 2.64. The van der Waals surface area contributed by atoms with Crippen molar-refractivity contribution in [2.24, 2.45) is 11.3 Å². The van der Waals surface area contributed by atoms with Crippen LogP contribution >= 0.6 is 0 Å². The zero-order valence-corrected chi connectivity index (χ0v) is 35.9. The van der Waals surface area contributed by atoms with Crippen molar-refractivity contribution in [1.29, 1.82) is 0 Å². The molecule has 330 valence electrons. The van der Waals surface area contributed by atoms with Gasteiger partial charge in [0.05, 0.1) is 29.2 Å². The maximum Gasteiger partial charge on any atom is 0.437 e. The summed E-state index contributed by atoms with van der Waals surface area (Å²) >= 11 is 0. The first-order valence-electron chi connectivity index (χ1n) is 20.8. The highest BCUT2D eigenvalue weighted by molar-refractivity contribution is 7.91. The molecule has 6 aliphatic rings. The molecule has 18 heteroatoms. The third-order valence-electron chi connectivity index (χ3n) is 12.9. The molecule has 2 saturated carbocycles. The number of ether oxygens (including phenoxy) is 3. The monoisotopic (exact) mass is 863 g/mol. The predicted octanol–water partition coefficient (Wildman–Crippen LogP) is 5.27. The highest BCUT2D eigenvalue weighted by atomic mass is 32.2. The molecular formula is C42H56F3N5O9S. The van der Waals surface area contributed by atoms with Crippen molar-refractivity contribution in [3.8, 4) is 5.75 Å². The zero-order valence-electron chi connectivity index (χ0n) is 35.1.